The van der Waals surface area contributed by atoms with Crippen LogP contribution in [0.2, 0.25) is 0 Å². The molecule has 1 heterocycles. The Labute approximate surface area is 115 Å². The molecular formula is C13H17BrN2O2. The molecule has 2 rings (SSSR count). The maximum atomic E-state index is 11.6. The summed E-state index contributed by atoms with van der Waals surface area (Å²) in [5.74, 6) is 0.373. The Bertz CT molecular complexity index is 437. The molecule has 0 aliphatic carbocycles. The second-order valence-electron chi connectivity index (χ2n) is 4.44. The third-order valence-electron chi connectivity index (χ3n) is 3.13. The minimum atomic E-state index is 0.0685. The van der Waals surface area contributed by atoms with Gasteiger partial charge in [0.15, 0.2) is 0 Å². The zero-order valence-electron chi connectivity index (χ0n) is 10.1. The molecule has 0 saturated heterocycles. The number of halogens is 1. The van der Waals surface area contributed by atoms with E-state index < -0.39 is 0 Å². The first-order valence-electron chi connectivity index (χ1n) is 6.11. The fourth-order valence-corrected chi connectivity index (χ4v) is 2.59. The molecule has 1 aliphatic rings. The lowest BCUT2D eigenvalue weighted by Crippen LogP contribution is -2.24. The molecule has 1 amide bonds. The quantitative estimate of drug-likeness (QED) is 0.744. The molecule has 1 aromatic carbocycles. The molecule has 1 atom stereocenters. The Balaban J connectivity index is 2.19. The van der Waals surface area contributed by atoms with Gasteiger partial charge in [-0.2, -0.15) is 0 Å². The summed E-state index contributed by atoms with van der Waals surface area (Å²) in [5, 5.41) is 14.9. The first kappa shape index (κ1) is 13.5. The molecule has 18 heavy (non-hydrogen) atoms. The number of fused-ring (bicyclic) bond motifs is 1. The summed E-state index contributed by atoms with van der Waals surface area (Å²) in [6.07, 6.45) is 1.37. The van der Waals surface area contributed by atoms with Crippen LogP contribution in [0.5, 0.6) is 0 Å². The second-order valence-corrected chi connectivity index (χ2v) is 5.36. The van der Waals surface area contributed by atoms with Crippen molar-refractivity contribution in [3.63, 3.8) is 0 Å². The first-order chi connectivity index (χ1) is 8.70. The van der Waals surface area contributed by atoms with Gasteiger partial charge in [-0.1, -0.05) is 22.0 Å². The van der Waals surface area contributed by atoms with Crippen molar-refractivity contribution in [2.75, 3.05) is 25.0 Å². The van der Waals surface area contributed by atoms with Crippen molar-refractivity contribution in [2.24, 2.45) is 0 Å². The standard InChI is InChI=1S/C13H17BrN2O2/c14-10-2-3-11-9(8-15-5-6-17)1-4-13(18)16-12(11)7-10/h2-3,7,9,15,17H,1,4-6,8H2,(H,16,18). The van der Waals surface area contributed by atoms with Crippen LogP contribution in [-0.2, 0) is 4.79 Å². The van der Waals surface area contributed by atoms with E-state index in [0.29, 0.717) is 18.9 Å². The minimum absolute atomic E-state index is 0.0685. The van der Waals surface area contributed by atoms with Crippen molar-refractivity contribution in [3.05, 3.63) is 28.2 Å². The second kappa shape index (κ2) is 6.31. The van der Waals surface area contributed by atoms with Gasteiger partial charge in [0.25, 0.3) is 0 Å². The van der Waals surface area contributed by atoms with E-state index in [9.17, 15) is 4.79 Å². The van der Waals surface area contributed by atoms with E-state index in [-0.39, 0.29) is 12.5 Å². The van der Waals surface area contributed by atoms with E-state index in [1.54, 1.807) is 0 Å². The molecule has 0 spiro atoms. The van der Waals surface area contributed by atoms with Gasteiger partial charge in [0, 0.05) is 29.7 Å². The molecule has 1 aliphatic heterocycles. The van der Waals surface area contributed by atoms with Crippen LogP contribution in [0.1, 0.15) is 24.3 Å². The molecule has 3 N–H and O–H groups in total. The fraction of sp³-hybridized carbons (Fsp3) is 0.462. The number of hydrogen-bond acceptors (Lipinski definition) is 3. The van der Waals surface area contributed by atoms with E-state index in [0.717, 1.165) is 28.7 Å². The average molecular weight is 313 g/mol. The number of carbonyl (C=O) groups excluding carboxylic acids is 1. The largest absolute Gasteiger partial charge is 0.395 e. The summed E-state index contributed by atoms with van der Waals surface area (Å²) in [6.45, 7) is 1.50. The SMILES string of the molecule is O=C1CCC(CNCCO)c2ccc(Br)cc2N1. The minimum Gasteiger partial charge on any atom is -0.395 e. The Kier molecular flexibility index (Phi) is 4.74. The van der Waals surface area contributed by atoms with Crippen LogP contribution in [-0.4, -0.2) is 30.7 Å². The number of rotatable bonds is 4. The molecular weight excluding hydrogens is 296 g/mol. The molecule has 4 nitrogen and oxygen atoms in total. The van der Waals surface area contributed by atoms with Crippen molar-refractivity contribution in [1.29, 1.82) is 0 Å². The predicted octanol–water partition coefficient (Wildman–Crippen LogP) is 1.85. The highest BCUT2D eigenvalue weighted by Gasteiger charge is 2.21. The summed E-state index contributed by atoms with van der Waals surface area (Å²) in [6, 6.07) is 5.99. The Morgan fingerprint density at radius 2 is 2.33 bits per heavy atom. The summed E-state index contributed by atoms with van der Waals surface area (Å²) in [4.78, 5) is 11.6. The zero-order valence-corrected chi connectivity index (χ0v) is 11.7. The third-order valence-corrected chi connectivity index (χ3v) is 3.62. The fourth-order valence-electron chi connectivity index (χ4n) is 2.23. The monoisotopic (exact) mass is 312 g/mol. The smallest absolute Gasteiger partial charge is 0.224 e. The number of amides is 1. The van der Waals surface area contributed by atoms with Crippen LogP contribution in [0, 0.1) is 0 Å². The van der Waals surface area contributed by atoms with Crippen molar-refractivity contribution < 1.29 is 9.90 Å². The number of benzene rings is 1. The highest BCUT2D eigenvalue weighted by Crippen LogP contribution is 2.33. The molecule has 0 bridgehead atoms. The Morgan fingerprint density at radius 1 is 1.50 bits per heavy atom. The number of carbonyl (C=O) groups is 1. The van der Waals surface area contributed by atoms with Gasteiger partial charge in [-0.15, -0.1) is 0 Å². The van der Waals surface area contributed by atoms with Crippen LogP contribution in [0.4, 0.5) is 5.69 Å². The number of anilines is 1. The number of aliphatic hydroxyl groups is 1. The van der Waals surface area contributed by atoms with Gasteiger partial charge in [-0.3, -0.25) is 4.79 Å². The predicted molar refractivity (Wildman–Crippen MR) is 74.7 cm³/mol. The normalized spacial score (nSPS) is 19.0. The van der Waals surface area contributed by atoms with Crippen molar-refractivity contribution in [3.8, 4) is 0 Å². The molecule has 0 fully saturated rings. The lowest BCUT2D eigenvalue weighted by molar-refractivity contribution is -0.116. The number of aliphatic hydroxyl groups excluding tert-OH is 1. The van der Waals surface area contributed by atoms with Gasteiger partial charge in [-0.05, 0) is 30.0 Å². The van der Waals surface area contributed by atoms with Crippen LogP contribution >= 0.6 is 15.9 Å². The van der Waals surface area contributed by atoms with Crippen molar-refractivity contribution >= 4 is 27.5 Å². The van der Waals surface area contributed by atoms with Crippen molar-refractivity contribution in [2.45, 2.75) is 18.8 Å². The highest BCUT2D eigenvalue weighted by atomic mass is 79.9. The zero-order chi connectivity index (χ0) is 13.0. The lowest BCUT2D eigenvalue weighted by atomic mass is 9.94. The summed E-state index contributed by atoms with van der Waals surface area (Å²) in [5.41, 5.74) is 2.05. The van der Waals surface area contributed by atoms with E-state index in [1.807, 2.05) is 12.1 Å². The van der Waals surface area contributed by atoms with Gasteiger partial charge < -0.3 is 15.7 Å². The third kappa shape index (κ3) is 3.31. The number of hydrogen-bond donors (Lipinski definition) is 3. The van der Waals surface area contributed by atoms with Gasteiger partial charge in [0.2, 0.25) is 5.91 Å². The Hall–Kier alpha value is -0.910. The maximum absolute atomic E-state index is 11.6. The Morgan fingerprint density at radius 3 is 3.11 bits per heavy atom. The average Bonchev–Trinajstić information content (AvgIpc) is 2.48. The summed E-state index contributed by atoms with van der Waals surface area (Å²) < 4.78 is 0.963. The van der Waals surface area contributed by atoms with Crippen LogP contribution < -0.4 is 10.6 Å². The van der Waals surface area contributed by atoms with E-state index in [2.05, 4.69) is 32.6 Å². The van der Waals surface area contributed by atoms with Gasteiger partial charge in [0.05, 0.1) is 6.61 Å². The first-order valence-corrected chi connectivity index (χ1v) is 6.91. The highest BCUT2D eigenvalue weighted by molar-refractivity contribution is 9.10. The van der Waals surface area contributed by atoms with Gasteiger partial charge >= 0.3 is 0 Å². The van der Waals surface area contributed by atoms with Gasteiger partial charge in [0.1, 0.15) is 0 Å². The molecule has 0 aromatic heterocycles. The van der Waals surface area contributed by atoms with Crippen LogP contribution in [0.3, 0.4) is 0 Å². The van der Waals surface area contributed by atoms with Gasteiger partial charge in [-0.25, -0.2) is 0 Å². The lowest BCUT2D eigenvalue weighted by Gasteiger charge is -2.17. The molecule has 5 heteroatoms. The van der Waals surface area contributed by atoms with Crippen LogP contribution in [0.15, 0.2) is 22.7 Å². The van der Waals surface area contributed by atoms with E-state index in [4.69, 9.17) is 5.11 Å². The topological polar surface area (TPSA) is 61.4 Å². The molecule has 1 aromatic rings. The number of nitrogens with one attached hydrogen (secondary N) is 2. The van der Waals surface area contributed by atoms with E-state index >= 15 is 0 Å². The summed E-state index contributed by atoms with van der Waals surface area (Å²) in [7, 11) is 0. The molecule has 98 valence electrons. The van der Waals surface area contributed by atoms with Crippen LogP contribution in [0.25, 0.3) is 0 Å². The summed E-state index contributed by atoms with van der Waals surface area (Å²) >= 11 is 3.42. The molecule has 0 saturated carbocycles. The maximum Gasteiger partial charge on any atom is 0.224 e. The van der Waals surface area contributed by atoms with E-state index in [1.165, 1.54) is 0 Å². The molecule has 1 unspecified atom stereocenters. The molecule has 0 radical (unpaired) electrons. The van der Waals surface area contributed by atoms with Crippen molar-refractivity contribution in [1.82, 2.24) is 5.32 Å².